The van der Waals surface area contributed by atoms with Crippen LogP contribution in [0.15, 0.2) is 24.4 Å². The van der Waals surface area contributed by atoms with Crippen molar-refractivity contribution in [2.75, 3.05) is 11.4 Å². The van der Waals surface area contributed by atoms with Gasteiger partial charge < -0.3 is 10.0 Å². The van der Waals surface area contributed by atoms with E-state index in [1.54, 1.807) is 6.20 Å². The summed E-state index contributed by atoms with van der Waals surface area (Å²) in [5.41, 5.74) is 3.29. The zero-order chi connectivity index (χ0) is 15.0. The van der Waals surface area contributed by atoms with E-state index in [4.69, 9.17) is 0 Å². The Morgan fingerprint density at radius 1 is 1.33 bits per heavy atom. The van der Waals surface area contributed by atoms with Crippen LogP contribution in [0.25, 0.3) is 0 Å². The lowest BCUT2D eigenvalue weighted by Gasteiger charge is -2.22. The zero-order valence-corrected chi connectivity index (χ0v) is 12.2. The first-order valence-corrected chi connectivity index (χ1v) is 7.12. The quantitative estimate of drug-likeness (QED) is 0.943. The second kappa shape index (κ2) is 5.41. The van der Waals surface area contributed by atoms with Crippen LogP contribution in [0.3, 0.4) is 0 Å². The van der Waals surface area contributed by atoms with E-state index in [0.717, 1.165) is 29.9 Å². The molecule has 0 saturated carbocycles. The highest BCUT2D eigenvalue weighted by atomic mass is 19.1. The summed E-state index contributed by atoms with van der Waals surface area (Å²) in [4.78, 5) is 10.8. The maximum Gasteiger partial charge on any atom is 0.131 e. The van der Waals surface area contributed by atoms with Gasteiger partial charge in [0.1, 0.15) is 11.6 Å². The Labute approximate surface area is 123 Å². The molecule has 0 amide bonds. The van der Waals surface area contributed by atoms with E-state index in [1.165, 1.54) is 12.1 Å². The van der Waals surface area contributed by atoms with E-state index in [2.05, 4.69) is 9.97 Å². The van der Waals surface area contributed by atoms with Gasteiger partial charge in [0.25, 0.3) is 0 Å². The Bertz CT molecular complexity index is 673. The maximum atomic E-state index is 13.5. The lowest BCUT2D eigenvalue weighted by atomic mass is 10.1. The van der Waals surface area contributed by atoms with Crippen molar-refractivity contribution in [2.45, 2.75) is 32.8 Å². The van der Waals surface area contributed by atoms with Crippen molar-refractivity contribution < 1.29 is 9.50 Å². The number of aromatic nitrogens is 2. The Morgan fingerprint density at radius 2 is 2.14 bits per heavy atom. The van der Waals surface area contributed by atoms with Crippen LogP contribution in [-0.2, 0) is 13.0 Å². The molecule has 0 fully saturated rings. The summed E-state index contributed by atoms with van der Waals surface area (Å²) < 4.78 is 13.5. The van der Waals surface area contributed by atoms with Crippen LogP contribution in [0.1, 0.15) is 36.8 Å². The predicted molar refractivity (Wildman–Crippen MR) is 79.2 cm³/mol. The maximum absolute atomic E-state index is 13.5. The lowest BCUT2D eigenvalue weighted by molar-refractivity contribution is 0.276. The van der Waals surface area contributed by atoms with Crippen molar-refractivity contribution in [3.05, 3.63) is 47.3 Å². The summed E-state index contributed by atoms with van der Waals surface area (Å²) in [6.07, 6.45) is 2.58. The minimum atomic E-state index is -0.258. The van der Waals surface area contributed by atoms with E-state index >= 15 is 0 Å². The number of aliphatic hydroxyl groups is 1. The molecular formula is C16H18FN3O. The monoisotopic (exact) mass is 287 g/mol. The molecule has 3 rings (SSSR count). The molecular weight excluding hydrogens is 269 g/mol. The fourth-order valence-corrected chi connectivity index (χ4v) is 2.65. The highest BCUT2D eigenvalue weighted by molar-refractivity contribution is 5.70. The number of anilines is 2. The minimum Gasteiger partial charge on any atom is -0.390 e. The molecule has 0 atom stereocenters. The molecule has 1 aliphatic rings. The fraction of sp³-hybridized carbons (Fsp3) is 0.375. The Kier molecular flexibility index (Phi) is 3.59. The van der Waals surface area contributed by atoms with Gasteiger partial charge in [0, 0.05) is 18.2 Å². The van der Waals surface area contributed by atoms with Gasteiger partial charge in [-0.25, -0.2) is 14.4 Å². The highest BCUT2D eigenvalue weighted by Gasteiger charge is 2.24. The molecule has 0 saturated heterocycles. The van der Waals surface area contributed by atoms with Crippen LogP contribution in [0.5, 0.6) is 0 Å². The van der Waals surface area contributed by atoms with Gasteiger partial charge in [-0.05, 0) is 24.1 Å². The third kappa shape index (κ3) is 2.49. The van der Waals surface area contributed by atoms with Gasteiger partial charge in [-0.1, -0.05) is 19.9 Å². The van der Waals surface area contributed by atoms with Crippen LogP contribution in [0, 0.1) is 5.82 Å². The molecule has 5 heteroatoms. The first-order chi connectivity index (χ1) is 10.1. The summed E-state index contributed by atoms with van der Waals surface area (Å²) in [6.45, 7) is 4.61. The third-order valence-corrected chi connectivity index (χ3v) is 3.76. The largest absolute Gasteiger partial charge is 0.390 e. The summed E-state index contributed by atoms with van der Waals surface area (Å²) >= 11 is 0. The zero-order valence-electron chi connectivity index (χ0n) is 12.2. The van der Waals surface area contributed by atoms with Gasteiger partial charge in [0.2, 0.25) is 0 Å². The molecule has 4 nitrogen and oxygen atoms in total. The van der Waals surface area contributed by atoms with Crippen molar-refractivity contribution in [3.8, 4) is 0 Å². The number of benzene rings is 1. The average molecular weight is 287 g/mol. The smallest absolute Gasteiger partial charge is 0.131 e. The number of rotatable bonds is 3. The number of aliphatic hydroxyl groups excluding tert-OH is 1. The van der Waals surface area contributed by atoms with Crippen LogP contribution < -0.4 is 4.90 Å². The van der Waals surface area contributed by atoms with Gasteiger partial charge in [0.05, 0.1) is 24.2 Å². The molecule has 1 aromatic carbocycles. The van der Waals surface area contributed by atoms with Gasteiger partial charge >= 0.3 is 0 Å². The number of hydrogen-bond acceptors (Lipinski definition) is 4. The Balaban J connectivity index is 2.05. The third-order valence-electron chi connectivity index (χ3n) is 3.76. The van der Waals surface area contributed by atoms with Crippen molar-refractivity contribution in [2.24, 2.45) is 0 Å². The Hall–Kier alpha value is -2.01. The molecule has 0 unspecified atom stereocenters. The summed E-state index contributed by atoms with van der Waals surface area (Å²) in [6, 6.07) is 4.82. The summed E-state index contributed by atoms with van der Waals surface area (Å²) in [7, 11) is 0. The minimum absolute atomic E-state index is 0.154. The predicted octanol–water partition coefficient (Wildman–Crippen LogP) is 2.93. The van der Waals surface area contributed by atoms with Gasteiger partial charge in [-0.2, -0.15) is 0 Å². The molecule has 1 aliphatic heterocycles. The van der Waals surface area contributed by atoms with Gasteiger partial charge in [-0.3, -0.25) is 0 Å². The van der Waals surface area contributed by atoms with Crippen LogP contribution in [0.4, 0.5) is 15.8 Å². The van der Waals surface area contributed by atoms with Crippen molar-refractivity contribution in [3.63, 3.8) is 0 Å². The van der Waals surface area contributed by atoms with Crippen molar-refractivity contribution in [1.82, 2.24) is 9.97 Å². The number of hydrogen-bond donors (Lipinski definition) is 1. The second-order valence-electron chi connectivity index (χ2n) is 5.55. The molecule has 110 valence electrons. The van der Waals surface area contributed by atoms with Crippen molar-refractivity contribution >= 4 is 11.4 Å². The summed E-state index contributed by atoms with van der Waals surface area (Å²) in [5.74, 6) is 0.653. The topological polar surface area (TPSA) is 49.2 Å². The van der Waals surface area contributed by atoms with Crippen LogP contribution >= 0.6 is 0 Å². The number of fused-ring (bicyclic) bond motifs is 1. The fourth-order valence-electron chi connectivity index (χ4n) is 2.65. The molecule has 1 aromatic heterocycles. The van der Waals surface area contributed by atoms with E-state index in [-0.39, 0.29) is 18.3 Å². The standard InChI is InChI=1S/C16H18FN3O/c1-10(2)16-18-8-15(13(9-21)19-16)20-6-5-11-3-4-12(17)7-14(11)20/h3-4,7-8,10,21H,5-6,9H2,1-2H3. The molecule has 2 aromatic rings. The molecule has 0 spiro atoms. The van der Waals surface area contributed by atoms with Crippen LogP contribution in [-0.4, -0.2) is 21.6 Å². The molecule has 0 aliphatic carbocycles. The van der Waals surface area contributed by atoms with Gasteiger partial charge in [0.15, 0.2) is 0 Å². The lowest BCUT2D eigenvalue weighted by Crippen LogP contribution is -2.17. The van der Waals surface area contributed by atoms with E-state index in [9.17, 15) is 9.50 Å². The highest BCUT2D eigenvalue weighted by Crippen LogP contribution is 2.36. The first kappa shape index (κ1) is 13.9. The number of halogens is 1. The summed E-state index contributed by atoms with van der Waals surface area (Å²) in [5, 5.41) is 9.60. The van der Waals surface area contributed by atoms with Crippen molar-refractivity contribution in [1.29, 1.82) is 0 Å². The van der Waals surface area contributed by atoms with Gasteiger partial charge in [-0.15, -0.1) is 0 Å². The van der Waals surface area contributed by atoms with E-state index in [0.29, 0.717) is 11.5 Å². The van der Waals surface area contributed by atoms with E-state index in [1.807, 2.05) is 24.8 Å². The molecule has 21 heavy (non-hydrogen) atoms. The molecule has 0 radical (unpaired) electrons. The normalized spacial score (nSPS) is 13.9. The first-order valence-electron chi connectivity index (χ1n) is 7.12. The number of nitrogens with zero attached hydrogens (tertiary/aromatic N) is 3. The van der Waals surface area contributed by atoms with E-state index < -0.39 is 0 Å². The molecule has 2 heterocycles. The van der Waals surface area contributed by atoms with Crippen LogP contribution in [0.2, 0.25) is 0 Å². The Morgan fingerprint density at radius 3 is 2.86 bits per heavy atom. The second-order valence-corrected chi connectivity index (χ2v) is 5.55. The SMILES string of the molecule is CC(C)c1ncc(N2CCc3ccc(F)cc32)c(CO)n1. The average Bonchev–Trinajstić information content (AvgIpc) is 2.89. The molecule has 0 bridgehead atoms. The molecule has 1 N–H and O–H groups in total.